The normalized spacial score (nSPS) is 13.1. The number of carboxylic acid groups (broad SMARTS) is 1. The Morgan fingerprint density at radius 1 is 1.46 bits per heavy atom. The van der Waals surface area contributed by atoms with Crippen LogP contribution in [-0.2, 0) is 11.4 Å². The third-order valence-corrected chi connectivity index (χ3v) is 3.28. The van der Waals surface area contributed by atoms with E-state index >= 15 is 0 Å². The van der Waals surface area contributed by atoms with Crippen LogP contribution in [0.1, 0.15) is 25.4 Å². The van der Waals surface area contributed by atoms with Crippen molar-refractivity contribution >= 4 is 24.8 Å². The molecule has 2 aromatic rings. The van der Waals surface area contributed by atoms with Crippen molar-refractivity contribution in [2.24, 2.45) is 4.99 Å². The average Bonchev–Trinajstić information content (AvgIpc) is 2.85. The van der Waals surface area contributed by atoms with E-state index in [9.17, 15) is 15.0 Å². The first kappa shape index (κ1) is 17.9. The highest BCUT2D eigenvalue weighted by Gasteiger charge is 2.31. The monoisotopic (exact) mass is 350 g/mol. The van der Waals surface area contributed by atoms with Crippen molar-refractivity contribution in [3.63, 3.8) is 0 Å². The summed E-state index contributed by atoms with van der Waals surface area (Å²) in [5.41, 5.74) is 0.0329. The van der Waals surface area contributed by atoms with Gasteiger partial charge in [0.05, 0.1) is 6.21 Å². The van der Waals surface area contributed by atoms with Gasteiger partial charge in [0.2, 0.25) is 5.89 Å². The molecule has 2 rings (SSSR count). The number of carbonyl (C=O) groups is 1. The van der Waals surface area contributed by atoms with Crippen LogP contribution in [0.4, 0.5) is 0 Å². The van der Waals surface area contributed by atoms with Crippen LogP contribution in [0.2, 0.25) is 0 Å². The number of thiol groups is 1. The fraction of sp³-hybridized carbons (Fsp3) is 0.312. The van der Waals surface area contributed by atoms with Crippen molar-refractivity contribution in [3.8, 4) is 11.7 Å². The number of aliphatic imine (C=N–C) groups is 1. The Bertz CT molecular complexity index is 722. The first-order chi connectivity index (χ1) is 11.3. The van der Waals surface area contributed by atoms with Gasteiger partial charge in [-0.3, -0.25) is 4.99 Å². The molecule has 1 atom stereocenters. The number of aromatic nitrogens is 1. The van der Waals surface area contributed by atoms with E-state index in [1.807, 2.05) is 18.2 Å². The third-order valence-electron chi connectivity index (χ3n) is 3.03. The molecule has 0 unspecified atom stereocenters. The molecule has 1 aromatic heterocycles. The van der Waals surface area contributed by atoms with E-state index in [-0.39, 0.29) is 18.2 Å². The number of aromatic hydroxyl groups is 1. The molecule has 0 amide bonds. The molecule has 0 saturated carbocycles. The lowest BCUT2D eigenvalue weighted by molar-refractivity contribution is -0.138. The van der Waals surface area contributed by atoms with Crippen molar-refractivity contribution in [1.29, 1.82) is 0 Å². The molecule has 8 heteroatoms. The second kappa shape index (κ2) is 7.39. The SMILES string of the molecule is CC(C)(S)[C@H](N=Cc1nc(COc2ccccc2)oc1O)C(=O)O. The van der Waals surface area contributed by atoms with Crippen LogP contribution in [0.15, 0.2) is 39.7 Å². The van der Waals surface area contributed by atoms with Gasteiger partial charge in [0.1, 0.15) is 5.75 Å². The van der Waals surface area contributed by atoms with E-state index in [2.05, 4.69) is 22.6 Å². The molecule has 0 saturated heterocycles. The first-order valence-electron chi connectivity index (χ1n) is 7.12. The molecular formula is C16H18N2O5S. The van der Waals surface area contributed by atoms with Crippen LogP contribution in [-0.4, -0.2) is 38.2 Å². The highest BCUT2D eigenvalue weighted by atomic mass is 32.1. The lowest BCUT2D eigenvalue weighted by Gasteiger charge is -2.21. The number of hydrogen-bond acceptors (Lipinski definition) is 7. The molecule has 0 aliphatic rings. The summed E-state index contributed by atoms with van der Waals surface area (Å²) < 4.78 is 9.66. The molecule has 0 aliphatic heterocycles. The van der Waals surface area contributed by atoms with Crippen molar-refractivity contribution < 1.29 is 24.2 Å². The molecule has 0 bridgehead atoms. The molecular weight excluding hydrogens is 332 g/mol. The van der Waals surface area contributed by atoms with E-state index in [4.69, 9.17) is 9.15 Å². The van der Waals surface area contributed by atoms with Crippen LogP contribution in [0.25, 0.3) is 0 Å². The predicted octanol–water partition coefficient (Wildman–Crippen LogP) is 2.54. The molecule has 24 heavy (non-hydrogen) atoms. The maximum atomic E-state index is 11.2. The first-order valence-corrected chi connectivity index (χ1v) is 7.57. The molecule has 1 aromatic carbocycles. The van der Waals surface area contributed by atoms with Gasteiger partial charge >= 0.3 is 11.9 Å². The number of nitrogens with zero attached hydrogens (tertiary/aromatic N) is 2. The zero-order chi connectivity index (χ0) is 17.7. The van der Waals surface area contributed by atoms with Crippen LogP contribution < -0.4 is 4.74 Å². The van der Waals surface area contributed by atoms with Crippen molar-refractivity contribution in [1.82, 2.24) is 4.98 Å². The Hall–Kier alpha value is -2.48. The maximum absolute atomic E-state index is 11.2. The lowest BCUT2D eigenvalue weighted by atomic mass is 10.0. The quantitative estimate of drug-likeness (QED) is 0.523. The summed E-state index contributed by atoms with van der Waals surface area (Å²) in [5, 5.41) is 18.9. The van der Waals surface area contributed by atoms with Gasteiger partial charge in [-0.2, -0.15) is 12.6 Å². The van der Waals surface area contributed by atoms with Gasteiger partial charge in [0.25, 0.3) is 0 Å². The van der Waals surface area contributed by atoms with E-state index in [1.54, 1.807) is 26.0 Å². The van der Waals surface area contributed by atoms with E-state index in [0.717, 1.165) is 6.21 Å². The molecule has 2 N–H and O–H groups in total. The van der Waals surface area contributed by atoms with Crippen molar-refractivity contribution in [3.05, 3.63) is 41.9 Å². The molecule has 0 fully saturated rings. The van der Waals surface area contributed by atoms with Gasteiger partial charge in [0, 0.05) is 4.75 Å². The fourth-order valence-corrected chi connectivity index (χ4v) is 2.05. The summed E-state index contributed by atoms with van der Waals surface area (Å²) in [7, 11) is 0. The summed E-state index contributed by atoms with van der Waals surface area (Å²) in [6.45, 7) is 3.29. The number of benzene rings is 1. The fourth-order valence-electron chi connectivity index (χ4n) is 1.87. The third kappa shape index (κ3) is 4.76. The Labute approximate surface area is 144 Å². The van der Waals surface area contributed by atoms with Crippen LogP contribution in [0, 0.1) is 0 Å². The second-order valence-corrected chi connectivity index (χ2v) is 6.72. The van der Waals surface area contributed by atoms with Gasteiger partial charge in [-0.05, 0) is 26.0 Å². The molecule has 0 spiro atoms. The number of ether oxygens (including phenoxy) is 1. The summed E-state index contributed by atoms with van der Waals surface area (Å²) >= 11 is 4.22. The molecule has 0 aliphatic carbocycles. The van der Waals surface area contributed by atoms with E-state index < -0.39 is 22.7 Å². The van der Waals surface area contributed by atoms with Gasteiger partial charge in [-0.1, -0.05) is 18.2 Å². The highest BCUT2D eigenvalue weighted by molar-refractivity contribution is 7.81. The Morgan fingerprint density at radius 2 is 2.12 bits per heavy atom. The summed E-state index contributed by atoms with van der Waals surface area (Å²) in [4.78, 5) is 19.2. The topological polar surface area (TPSA) is 105 Å². The van der Waals surface area contributed by atoms with Gasteiger partial charge < -0.3 is 19.4 Å². The van der Waals surface area contributed by atoms with Gasteiger partial charge in [-0.15, -0.1) is 0 Å². The van der Waals surface area contributed by atoms with Crippen molar-refractivity contribution in [2.75, 3.05) is 0 Å². The summed E-state index contributed by atoms with van der Waals surface area (Å²) in [5.74, 6) is -0.795. The van der Waals surface area contributed by atoms with Gasteiger partial charge in [-0.25, -0.2) is 9.78 Å². The van der Waals surface area contributed by atoms with E-state index in [0.29, 0.717) is 5.75 Å². The minimum atomic E-state index is -1.12. The molecule has 1 heterocycles. The largest absolute Gasteiger partial charge is 0.484 e. The Kier molecular flexibility index (Phi) is 5.50. The number of para-hydroxylation sites is 1. The van der Waals surface area contributed by atoms with Crippen LogP contribution >= 0.6 is 12.6 Å². The summed E-state index contributed by atoms with van der Waals surface area (Å²) in [6, 6.07) is 7.97. The predicted molar refractivity (Wildman–Crippen MR) is 91.0 cm³/mol. The second-order valence-electron chi connectivity index (χ2n) is 5.57. The number of oxazole rings is 1. The van der Waals surface area contributed by atoms with Gasteiger partial charge in [0.15, 0.2) is 18.3 Å². The smallest absolute Gasteiger partial charge is 0.329 e. The summed E-state index contributed by atoms with van der Waals surface area (Å²) in [6.07, 6.45) is 1.15. The highest BCUT2D eigenvalue weighted by Crippen LogP contribution is 2.22. The number of hydrogen-bond donors (Lipinski definition) is 3. The Balaban J connectivity index is 2.08. The maximum Gasteiger partial charge on any atom is 0.329 e. The zero-order valence-corrected chi connectivity index (χ0v) is 14.1. The van der Waals surface area contributed by atoms with Crippen LogP contribution in [0.3, 0.4) is 0 Å². The van der Waals surface area contributed by atoms with Crippen molar-refractivity contribution in [2.45, 2.75) is 31.2 Å². The Morgan fingerprint density at radius 3 is 2.71 bits per heavy atom. The minimum absolute atomic E-state index is 0.0197. The minimum Gasteiger partial charge on any atom is -0.484 e. The number of rotatable bonds is 7. The average molecular weight is 350 g/mol. The standard InChI is InChI=1S/C16H18N2O5S/c1-16(2,24)13(14(19)20)17-8-11-15(21)23-12(18-11)9-22-10-6-4-3-5-7-10/h3-8,13,21,24H,9H2,1-2H3,(H,19,20)/t13-/m1/s1. The molecule has 128 valence electrons. The zero-order valence-electron chi connectivity index (χ0n) is 13.2. The molecule has 0 radical (unpaired) electrons. The lowest BCUT2D eigenvalue weighted by Crippen LogP contribution is -2.36. The van der Waals surface area contributed by atoms with E-state index in [1.165, 1.54) is 0 Å². The van der Waals surface area contributed by atoms with Crippen LogP contribution in [0.5, 0.6) is 11.7 Å². The molecule has 7 nitrogen and oxygen atoms in total. The number of carboxylic acids is 1. The number of aliphatic carboxylic acids is 1.